The number of nitrogens with two attached hydrogens (primary N) is 1. The van der Waals surface area contributed by atoms with Gasteiger partial charge in [0.1, 0.15) is 0 Å². The first-order valence-corrected chi connectivity index (χ1v) is 6.53. The second-order valence-electron chi connectivity index (χ2n) is 3.86. The van der Waals surface area contributed by atoms with Crippen molar-refractivity contribution in [1.29, 1.82) is 0 Å². The highest BCUT2D eigenvalue weighted by atomic mass is 35.5. The van der Waals surface area contributed by atoms with Crippen LogP contribution < -0.4 is 10.6 Å². The lowest BCUT2D eigenvalue weighted by molar-refractivity contribution is 0.0967. The quantitative estimate of drug-likeness (QED) is 0.707. The molecule has 5 heteroatoms. The van der Waals surface area contributed by atoms with E-state index in [-0.39, 0.29) is 6.61 Å². The maximum atomic E-state index is 8.65. The monoisotopic (exact) mass is 272 g/mol. The summed E-state index contributed by atoms with van der Waals surface area (Å²) >= 11 is 6.14. The molecule has 0 saturated heterocycles. The number of rotatable bonds is 8. The molecular weight excluding hydrogens is 252 g/mol. The van der Waals surface area contributed by atoms with Gasteiger partial charge in [-0.1, -0.05) is 17.7 Å². The smallest absolute Gasteiger partial charge is 0.0698 e. The fourth-order valence-corrected chi connectivity index (χ4v) is 2.08. The average molecular weight is 273 g/mol. The fourth-order valence-electron chi connectivity index (χ4n) is 1.84. The van der Waals surface area contributed by atoms with E-state index in [2.05, 4.69) is 11.8 Å². The van der Waals surface area contributed by atoms with Crippen molar-refractivity contribution in [2.24, 2.45) is 5.73 Å². The van der Waals surface area contributed by atoms with Crippen LogP contribution in [0.5, 0.6) is 0 Å². The Hall–Kier alpha value is -0.810. The van der Waals surface area contributed by atoms with E-state index in [1.165, 1.54) is 0 Å². The first-order chi connectivity index (χ1) is 8.74. The van der Waals surface area contributed by atoms with E-state index in [1.54, 1.807) is 0 Å². The Morgan fingerprint density at radius 1 is 1.39 bits per heavy atom. The normalized spacial score (nSPS) is 10.7. The summed E-state index contributed by atoms with van der Waals surface area (Å²) in [6.45, 7) is 5.11. The van der Waals surface area contributed by atoms with Crippen LogP contribution in [0.4, 0.5) is 5.69 Å². The molecule has 0 aromatic heterocycles. The molecule has 0 saturated carbocycles. The predicted octanol–water partition coefficient (Wildman–Crippen LogP) is 1.63. The van der Waals surface area contributed by atoms with Gasteiger partial charge in [0.15, 0.2) is 0 Å². The fraction of sp³-hybridized carbons (Fsp3) is 0.538. The number of ether oxygens (including phenoxy) is 1. The average Bonchev–Trinajstić information content (AvgIpc) is 2.39. The van der Waals surface area contributed by atoms with E-state index in [0.717, 1.165) is 24.3 Å². The van der Waals surface area contributed by atoms with E-state index in [0.29, 0.717) is 24.8 Å². The van der Waals surface area contributed by atoms with Crippen LogP contribution in [-0.2, 0) is 11.3 Å². The first-order valence-electron chi connectivity index (χ1n) is 6.15. The zero-order chi connectivity index (χ0) is 13.4. The third-order valence-electron chi connectivity index (χ3n) is 2.76. The van der Waals surface area contributed by atoms with Gasteiger partial charge in [-0.3, -0.25) is 0 Å². The number of aliphatic hydroxyl groups excluding tert-OH is 1. The van der Waals surface area contributed by atoms with E-state index in [4.69, 9.17) is 27.2 Å². The number of likely N-dealkylation sites (N-methyl/N-ethyl adjacent to an activating group) is 1. The largest absolute Gasteiger partial charge is 0.394 e. The van der Waals surface area contributed by atoms with Crippen molar-refractivity contribution >= 4 is 17.3 Å². The van der Waals surface area contributed by atoms with Crippen LogP contribution in [0.2, 0.25) is 5.02 Å². The van der Waals surface area contributed by atoms with Gasteiger partial charge in [-0.2, -0.15) is 0 Å². The van der Waals surface area contributed by atoms with Gasteiger partial charge in [-0.15, -0.1) is 0 Å². The Morgan fingerprint density at radius 2 is 2.17 bits per heavy atom. The van der Waals surface area contributed by atoms with Gasteiger partial charge < -0.3 is 20.5 Å². The highest BCUT2D eigenvalue weighted by molar-refractivity contribution is 6.31. The third-order valence-corrected chi connectivity index (χ3v) is 3.12. The van der Waals surface area contributed by atoms with E-state index in [1.807, 2.05) is 18.2 Å². The van der Waals surface area contributed by atoms with Crippen molar-refractivity contribution in [2.75, 3.05) is 37.8 Å². The second kappa shape index (κ2) is 8.32. The number of benzene rings is 1. The lowest BCUT2D eigenvalue weighted by Crippen LogP contribution is -2.28. The number of hydrogen-bond acceptors (Lipinski definition) is 4. The van der Waals surface area contributed by atoms with Crippen LogP contribution in [0, 0.1) is 0 Å². The summed E-state index contributed by atoms with van der Waals surface area (Å²) in [7, 11) is 0. The maximum absolute atomic E-state index is 8.65. The van der Waals surface area contributed by atoms with Crippen molar-refractivity contribution in [3.63, 3.8) is 0 Å². The van der Waals surface area contributed by atoms with Gasteiger partial charge in [0.25, 0.3) is 0 Å². The molecule has 0 aliphatic rings. The number of nitrogens with zero attached hydrogens (tertiary/aromatic N) is 1. The minimum absolute atomic E-state index is 0.0529. The lowest BCUT2D eigenvalue weighted by Gasteiger charge is -2.26. The maximum Gasteiger partial charge on any atom is 0.0698 e. The Kier molecular flexibility index (Phi) is 7.05. The summed E-state index contributed by atoms with van der Waals surface area (Å²) in [6.07, 6.45) is 0. The van der Waals surface area contributed by atoms with E-state index < -0.39 is 0 Å². The summed E-state index contributed by atoms with van der Waals surface area (Å²) in [5.74, 6) is 0. The van der Waals surface area contributed by atoms with Gasteiger partial charge in [0.2, 0.25) is 0 Å². The Bertz CT molecular complexity index is 361. The van der Waals surface area contributed by atoms with Crippen molar-refractivity contribution in [2.45, 2.75) is 13.5 Å². The number of aliphatic hydroxyl groups is 1. The molecule has 4 nitrogen and oxygen atoms in total. The molecule has 0 bridgehead atoms. The standard InChI is InChI=1S/C13H21ClN2O2/c1-2-16(6-8-18-9-7-17)13-5-3-4-12(14)11(13)10-15/h3-5,17H,2,6-10,15H2,1H3. The molecule has 1 aromatic rings. The van der Waals surface area contributed by atoms with Crippen molar-refractivity contribution in [1.82, 2.24) is 0 Å². The van der Waals surface area contributed by atoms with E-state index >= 15 is 0 Å². The van der Waals surface area contributed by atoms with Crippen LogP contribution >= 0.6 is 11.6 Å². The molecule has 0 amide bonds. The second-order valence-corrected chi connectivity index (χ2v) is 4.26. The molecule has 0 atom stereocenters. The van der Waals surface area contributed by atoms with E-state index in [9.17, 15) is 0 Å². The van der Waals surface area contributed by atoms with Crippen LogP contribution in [0.15, 0.2) is 18.2 Å². The highest BCUT2D eigenvalue weighted by Gasteiger charge is 2.11. The van der Waals surface area contributed by atoms with Gasteiger partial charge in [0.05, 0.1) is 19.8 Å². The topological polar surface area (TPSA) is 58.7 Å². The van der Waals surface area contributed by atoms with Gasteiger partial charge in [0, 0.05) is 35.9 Å². The lowest BCUT2D eigenvalue weighted by atomic mass is 10.1. The summed E-state index contributed by atoms with van der Waals surface area (Å²) in [4.78, 5) is 2.17. The van der Waals surface area contributed by atoms with Crippen molar-refractivity contribution in [3.05, 3.63) is 28.8 Å². The molecular formula is C13H21ClN2O2. The summed E-state index contributed by atoms with van der Waals surface area (Å²) in [5.41, 5.74) is 7.76. The molecule has 0 spiro atoms. The summed E-state index contributed by atoms with van der Waals surface area (Å²) < 4.78 is 5.28. The van der Waals surface area contributed by atoms with Crippen LogP contribution in [0.1, 0.15) is 12.5 Å². The molecule has 1 rings (SSSR count). The van der Waals surface area contributed by atoms with Crippen LogP contribution in [0.3, 0.4) is 0 Å². The Labute approximate surface area is 113 Å². The number of halogens is 1. The molecule has 0 fully saturated rings. The first kappa shape index (κ1) is 15.2. The summed E-state index contributed by atoms with van der Waals surface area (Å²) in [5, 5.41) is 9.35. The Balaban J connectivity index is 2.72. The zero-order valence-corrected chi connectivity index (χ0v) is 11.5. The minimum atomic E-state index is 0.0529. The van der Waals surface area contributed by atoms with Crippen LogP contribution in [0.25, 0.3) is 0 Å². The molecule has 18 heavy (non-hydrogen) atoms. The predicted molar refractivity (Wildman–Crippen MR) is 75.1 cm³/mol. The minimum Gasteiger partial charge on any atom is -0.394 e. The SMILES string of the molecule is CCN(CCOCCO)c1cccc(Cl)c1CN. The highest BCUT2D eigenvalue weighted by Crippen LogP contribution is 2.26. The number of hydrogen-bond donors (Lipinski definition) is 2. The zero-order valence-electron chi connectivity index (χ0n) is 10.7. The van der Waals surface area contributed by atoms with Crippen molar-refractivity contribution in [3.8, 4) is 0 Å². The third kappa shape index (κ3) is 4.14. The van der Waals surface area contributed by atoms with Gasteiger partial charge >= 0.3 is 0 Å². The van der Waals surface area contributed by atoms with Crippen LogP contribution in [-0.4, -0.2) is 38.0 Å². The van der Waals surface area contributed by atoms with Gasteiger partial charge in [-0.25, -0.2) is 0 Å². The molecule has 0 unspecified atom stereocenters. The number of anilines is 1. The molecule has 0 aliphatic carbocycles. The molecule has 1 aromatic carbocycles. The molecule has 0 radical (unpaired) electrons. The van der Waals surface area contributed by atoms with Crippen molar-refractivity contribution < 1.29 is 9.84 Å². The molecule has 0 heterocycles. The Morgan fingerprint density at radius 3 is 2.78 bits per heavy atom. The van der Waals surface area contributed by atoms with Gasteiger partial charge in [-0.05, 0) is 19.1 Å². The molecule has 3 N–H and O–H groups in total. The summed E-state index contributed by atoms with van der Waals surface area (Å²) in [6, 6.07) is 5.79. The molecule has 102 valence electrons. The molecule has 0 aliphatic heterocycles.